The van der Waals surface area contributed by atoms with Crippen LogP contribution < -0.4 is 15.1 Å². The highest BCUT2D eigenvalue weighted by atomic mass is 19.4. The number of aromatic nitrogens is 1. The van der Waals surface area contributed by atoms with Gasteiger partial charge in [0, 0.05) is 53.6 Å². The van der Waals surface area contributed by atoms with E-state index >= 15 is 0 Å². The van der Waals surface area contributed by atoms with Gasteiger partial charge in [-0.05, 0) is 42.3 Å². The van der Waals surface area contributed by atoms with Crippen LogP contribution in [0.4, 0.5) is 34.9 Å². The van der Waals surface area contributed by atoms with Crippen molar-refractivity contribution in [1.82, 2.24) is 14.9 Å². The summed E-state index contributed by atoms with van der Waals surface area (Å²) in [5.74, 6) is -0.680. The lowest BCUT2D eigenvalue weighted by Crippen LogP contribution is -2.49. The van der Waals surface area contributed by atoms with Crippen molar-refractivity contribution in [2.45, 2.75) is 32.6 Å². The molecular weight excluding hydrogens is 554 g/mol. The summed E-state index contributed by atoms with van der Waals surface area (Å²) in [6, 6.07) is 7.52. The van der Waals surface area contributed by atoms with Gasteiger partial charge in [0.05, 0.1) is 17.0 Å². The summed E-state index contributed by atoms with van der Waals surface area (Å²) < 4.78 is 54.8. The molecule has 2 amide bonds. The molecular formula is C29H33F4N7O2. The summed E-state index contributed by atoms with van der Waals surface area (Å²) in [7, 11) is 2.87. The molecule has 1 unspecified atom stereocenters. The van der Waals surface area contributed by atoms with E-state index in [9.17, 15) is 27.2 Å². The van der Waals surface area contributed by atoms with E-state index in [4.69, 9.17) is 0 Å². The molecule has 1 N–H and O–H groups in total. The highest BCUT2D eigenvalue weighted by Crippen LogP contribution is 2.39. The molecule has 3 heterocycles. The van der Waals surface area contributed by atoms with Gasteiger partial charge >= 0.3 is 6.18 Å². The Kier molecular flexibility index (Phi) is 8.88. The van der Waals surface area contributed by atoms with Crippen molar-refractivity contribution >= 4 is 34.8 Å². The van der Waals surface area contributed by atoms with Crippen molar-refractivity contribution in [2.75, 3.05) is 55.4 Å². The van der Waals surface area contributed by atoms with Crippen LogP contribution in [0.1, 0.15) is 29.8 Å². The predicted molar refractivity (Wildman–Crippen MR) is 154 cm³/mol. The van der Waals surface area contributed by atoms with E-state index < -0.39 is 24.1 Å². The Hall–Kier alpha value is -4.42. The van der Waals surface area contributed by atoms with E-state index in [1.54, 1.807) is 35.3 Å². The predicted octanol–water partition coefficient (Wildman–Crippen LogP) is 4.44. The van der Waals surface area contributed by atoms with E-state index in [0.717, 1.165) is 10.5 Å². The number of amides is 2. The van der Waals surface area contributed by atoms with Gasteiger partial charge in [-0.2, -0.15) is 18.3 Å². The number of nitrogens with zero attached hydrogens (tertiary/aromatic N) is 6. The molecule has 2 aliphatic heterocycles. The van der Waals surface area contributed by atoms with Gasteiger partial charge in [0.15, 0.2) is 12.0 Å². The summed E-state index contributed by atoms with van der Waals surface area (Å²) >= 11 is 0. The molecule has 224 valence electrons. The minimum absolute atomic E-state index is 0.0767. The number of fused-ring (bicyclic) bond motifs is 1. The number of hydrogen-bond acceptors (Lipinski definition) is 7. The molecule has 42 heavy (non-hydrogen) atoms. The zero-order valence-electron chi connectivity index (χ0n) is 23.9. The van der Waals surface area contributed by atoms with Crippen molar-refractivity contribution in [3.05, 3.63) is 71.6 Å². The number of anilines is 3. The summed E-state index contributed by atoms with van der Waals surface area (Å²) in [6.45, 7) is 8.21. The third-order valence-electron chi connectivity index (χ3n) is 7.26. The summed E-state index contributed by atoms with van der Waals surface area (Å²) in [4.78, 5) is 34.0. The first kappa shape index (κ1) is 30.5. The maximum atomic E-state index is 14.9. The molecule has 1 atom stereocenters. The number of halogens is 4. The SMILES string of the molecule is C=C/C=C(C)/C(Cc1ccc(F)c(C(=O)N2CCN(c3ccc4c(n3)N(C)C(C(F)(F)F)N4)CC2)c1)=N\N(C)C(C)=O. The number of carbonyl (C=O) groups excluding carboxylic acids is 2. The van der Waals surface area contributed by atoms with E-state index in [2.05, 4.69) is 22.0 Å². The first-order valence-corrected chi connectivity index (χ1v) is 13.3. The average molecular weight is 588 g/mol. The molecule has 0 bridgehead atoms. The van der Waals surface area contributed by atoms with Crippen LogP contribution in [-0.4, -0.2) is 85.0 Å². The van der Waals surface area contributed by atoms with Crippen molar-refractivity contribution in [3.8, 4) is 0 Å². The van der Waals surface area contributed by atoms with Crippen LogP contribution in [-0.2, 0) is 11.2 Å². The van der Waals surface area contributed by atoms with Crippen molar-refractivity contribution in [2.24, 2.45) is 5.10 Å². The summed E-state index contributed by atoms with van der Waals surface area (Å²) in [5, 5.41) is 8.03. The molecule has 2 aliphatic rings. The van der Waals surface area contributed by atoms with E-state index in [-0.39, 0.29) is 36.8 Å². The normalized spacial score (nSPS) is 17.6. The number of nitrogens with one attached hydrogen (secondary N) is 1. The second-order valence-electron chi connectivity index (χ2n) is 10.2. The summed E-state index contributed by atoms with van der Waals surface area (Å²) in [5.41, 5.74) is 2.19. The molecule has 1 fully saturated rings. The molecule has 2 aromatic rings. The molecule has 13 heteroatoms. The Bertz CT molecular complexity index is 1430. The number of rotatable bonds is 7. The van der Waals surface area contributed by atoms with Crippen molar-refractivity contribution in [1.29, 1.82) is 0 Å². The van der Waals surface area contributed by atoms with Crippen molar-refractivity contribution < 1.29 is 27.2 Å². The fourth-order valence-electron chi connectivity index (χ4n) is 4.79. The number of alkyl halides is 3. The van der Waals surface area contributed by atoms with Crippen LogP contribution in [0.2, 0.25) is 0 Å². The average Bonchev–Trinajstić information content (AvgIpc) is 3.29. The lowest BCUT2D eigenvalue weighted by molar-refractivity contribution is -0.140. The highest BCUT2D eigenvalue weighted by Gasteiger charge is 2.47. The smallest absolute Gasteiger partial charge is 0.355 e. The zero-order valence-corrected chi connectivity index (χ0v) is 23.9. The van der Waals surface area contributed by atoms with Gasteiger partial charge in [-0.1, -0.05) is 24.8 Å². The molecule has 1 aromatic heterocycles. The van der Waals surface area contributed by atoms with Gasteiger partial charge in [0.2, 0.25) is 5.91 Å². The van der Waals surface area contributed by atoms with Crippen LogP contribution in [0.15, 0.2) is 59.7 Å². The number of allylic oxidation sites excluding steroid dienone is 3. The lowest BCUT2D eigenvalue weighted by Gasteiger charge is -2.35. The van der Waals surface area contributed by atoms with Crippen LogP contribution in [0, 0.1) is 5.82 Å². The van der Waals surface area contributed by atoms with Gasteiger partial charge in [-0.15, -0.1) is 0 Å². The van der Waals surface area contributed by atoms with E-state index in [0.29, 0.717) is 35.9 Å². The fraction of sp³-hybridized carbons (Fsp3) is 0.379. The number of piperazine rings is 1. The fourth-order valence-corrected chi connectivity index (χ4v) is 4.79. The summed E-state index contributed by atoms with van der Waals surface area (Å²) in [6.07, 6.45) is -2.71. The van der Waals surface area contributed by atoms with Gasteiger partial charge in [-0.3, -0.25) is 9.59 Å². The molecule has 9 nitrogen and oxygen atoms in total. The Morgan fingerprint density at radius 3 is 2.48 bits per heavy atom. The Labute approximate surface area is 241 Å². The van der Waals surface area contributed by atoms with Gasteiger partial charge < -0.3 is 20.0 Å². The minimum atomic E-state index is -4.46. The van der Waals surface area contributed by atoms with Gasteiger partial charge in [0.25, 0.3) is 5.91 Å². The molecule has 0 aliphatic carbocycles. The quantitative estimate of drug-likeness (QED) is 0.223. The Morgan fingerprint density at radius 2 is 1.86 bits per heavy atom. The topological polar surface area (TPSA) is 84.4 Å². The molecule has 0 spiro atoms. The third-order valence-corrected chi connectivity index (χ3v) is 7.26. The molecule has 4 rings (SSSR count). The number of hydrazone groups is 1. The highest BCUT2D eigenvalue weighted by molar-refractivity contribution is 6.02. The van der Waals surface area contributed by atoms with Crippen molar-refractivity contribution in [3.63, 3.8) is 0 Å². The molecule has 0 radical (unpaired) electrons. The van der Waals surface area contributed by atoms with Crippen LogP contribution in [0.5, 0.6) is 0 Å². The number of benzene rings is 1. The number of carbonyl (C=O) groups is 2. The standard InChI is InChI=1S/C29H33F4N7O2/c1-6-7-18(2)24(36-38(5)19(3)41)17-20-8-9-22(30)21(16-20)27(42)40-14-12-39(13-15-40)25-11-10-23-26(35-25)37(4)28(34-23)29(31,32)33/h6-11,16,28,34H,1,12-15,17H2,2-5H3/b18-7+,36-24-. The number of hydrogen-bond donors (Lipinski definition) is 1. The van der Waals surface area contributed by atoms with Gasteiger partial charge in [0.1, 0.15) is 11.6 Å². The zero-order chi connectivity index (χ0) is 30.8. The van der Waals surface area contributed by atoms with Crippen LogP contribution >= 0.6 is 0 Å². The monoisotopic (exact) mass is 587 g/mol. The molecule has 1 saturated heterocycles. The second-order valence-corrected chi connectivity index (χ2v) is 10.2. The lowest BCUT2D eigenvalue weighted by atomic mass is 10.00. The first-order valence-electron chi connectivity index (χ1n) is 13.3. The minimum Gasteiger partial charge on any atom is -0.355 e. The van der Waals surface area contributed by atoms with Crippen LogP contribution in [0.3, 0.4) is 0 Å². The Morgan fingerprint density at radius 1 is 1.17 bits per heavy atom. The Balaban J connectivity index is 1.46. The van der Waals surface area contributed by atoms with E-state index in [1.807, 2.05) is 11.8 Å². The largest absolute Gasteiger partial charge is 0.427 e. The second kappa shape index (κ2) is 12.2. The maximum Gasteiger partial charge on any atom is 0.427 e. The molecule has 0 saturated carbocycles. The maximum absolute atomic E-state index is 14.9. The molecule has 1 aromatic carbocycles. The third kappa shape index (κ3) is 6.55. The van der Waals surface area contributed by atoms with E-state index in [1.165, 1.54) is 38.2 Å². The van der Waals surface area contributed by atoms with Gasteiger partial charge in [-0.25, -0.2) is 14.4 Å². The number of pyridine rings is 1. The first-order chi connectivity index (χ1) is 19.8. The van der Waals surface area contributed by atoms with Crippen LogP contribution in [0.25, 0.3) is 0 Å².